The molecule has 1 atom stereocenters. The van der Waals surface area contributed by atoms with Crippen molar-refractivity contribution in [1.29, 1.82) is 0 Å². The second-order valence-corrected chi connectivity index (χ2v) is 3.80. The van der Waals surface area contributed by atoms with E-state index in [1.165, 1.54) is 0 Å². The van der Waals surface area contributed by atoms with Gasteiger partial charge in [0.15, 0.2) is 0 Å². The zero-order valence-corrected chi connectivity index (χ0v) is 8.70. The first-order valence-corrected chi connectivity index (χ1v) is 4.86. The summed E-state index contributed by atoms with van der Waals surface area (Å²) < 4.78 is 0. The average Bonchev–Trinajstić information content (AvgIpc) is 2.14. The minimum atomic E-state index is 0.0804. The van der Waals surface area contributed by atoms with Gasteiger partial charge in [-0.3, -0.25) is 0 Å². The quantitative estimate of drug-likeness (QED) is 0.639. The SMILES string of the molecule is CC(C)C(CO)Nc1cccc(N)c1. The van der Waals surface area contributed by atoms with E-state index < -0.39 is 0 Å². The van der Waals surface area contributed by atoms with Gasteiger partial charge in [-0.2, -0.15) is 0 Å². The van der Waals surface area contributed by atoms with Gasteiger partial charge in [0.05, 0.1) is 12.6 Å². The summed E-state index contributed by atoms with van der Waals surface area (Å²) in [5, 5.41) is 12.4. The summed E-state index contributed by atoms with van der Waals surface area (Å²) in [6.07, 6.45) is 0. The summed E-state index contributed by atoms with van der Waals surface area (Å²) in [5.41, 5.74) is 7.34. The highest BCUT2D eigenvalue weighted by Crippen LogP contribution is 2.15. The van der Waals surface area contributed by atoms with Crippen LogP contribution in [0.3, 0.4) is 0 Å². The van der Waals surface area contributed by atoms with E-state index in [2.05, 4.69) is 19.2 Å². The molecule has 0 aromatic heterocycles. The summed E-state index contributed by atoms with van der Waals surface area (Å²) in [7, 11) is 0. The Bertz CT molecular complexity index is 286. The van der Waals surface area contributed by atoms with Gasteiger partial charge in [-0.25, -0.2) is 0 Å². The third-order valence-corrected chi connectivity index (χ3v) is 2.24. The smallest absolute Gasteiger partial charge is 0.0635 e. The number of benzene rings is 1. The zero-order chi connectivity index (χ0) is 10.6. The first-order valence-electron chi connectivity index (χ1n) is 4.86. The van der Waals surface area contributed by atoms with Crippen LogP contribution in [0.15, 0.2) is 24.3 Å². The summed E-state index contributed by atoms with van der Waals surface area (Å²) in [6, 6.07) is 7.63. The van der Waals surface area contributed by atoms with E-state index >= 15 is 0 Å². The molecule has 0 fully saturated rings. The molecule has 0 bridgehead atoms. The van der Waals surface area contributed by atoms with Gasteiger partial charge in [-0.15, -0.1) is 0 Å². The molecule has 1 aromatic rings. The van der Waals surface area contributed by atoms with Crippen molar-refractivity contribution in [3.8, 4) is 0 Å². The lowest BCUT2D eigenvalue weighted by molar-refractivity contribution is 0.249. The first-order chi connectivity index (χ1) is 6.63. The molecule has 0 spiro atoms. The van der Waals surface area contributed by atoms with Crippen LogP contribution in [0.2, 0.25) is 0 Å². The maximum Gasteiger partial charge on any atom is 0.0635 e. The van der Waals surface area contributed by atoms with Crippen LogP contribution in [-0.2, 0) is 0 Å². The predicted molar refractivity (Wildman–Crippen MR) is 60.2 cm³/mol. The molecule has 4 N–H and O–H groups in total. The second kappa shape index (κ2) is 4.86. The van der Waals surface area contributed by atoms with Crippen LogP contribution in [0.5, 0.6) is 0 Å². The molecule has 3 nitrogen and oxygen atoms in total. The fourth-order valence-corrected chi connectivity index (χ4v) is 1.27. The molecule has 0 heterocycles. The van der Waals surface area contributed by atoms with Crippen molar-refractivity contribution in [1.82, 2.24) is 0 Å². The Balaban J connectivity index is 2.67. The lowest BCUT2D eigenvalue weighted by atomic mass is 10.1. The molecule has 0 aliphatic carbocycles. The van der Waals surface area contributed by atoms with E-state index in [4.69, 9.17) is 10.8 Å². The van der Waals surface area contributed by atoms with Crippen LogP contribution in [0.1, 0.15) is 13.8 Å². The molecule has 0 amide bonds. The molecular formula is C11H18N2O. The van der Waals surface area contributed by atoms with Crippen molar-refractivity contribution in [3.05, 3.63) is 24.3 Å². The second-order valence-electron chi connectivity index (χ2n) is 3.80. The van der Waals surface area contributed by atoms with Crippen LogP contribution < -0.4 is 11.1 Å². The molecule has 0 saturated carbocycles. The number of nitrogen functional groups attached to an aromatic ring is 1. The number of aliphatic hydroxyl groups excluding tert-OH is 1. The topological polar surface area (TPSA) is 58.3 Å². The van der Waals surface area contributed by atoms with Gasteiger partial charge in [-0.05, 0) is 24.1 Å². The lowest BCUT2D eigenvalue weighted by Crippen LogP contribution is -2.29. The molecule has 0 aliphatic heterocycles. The fraction of sp³-hybridized carbons (Fsp3) is 0.455. The molecule has 0 radical (unpaired) electrons. The van der Waals surface area contributed by atoms with Crippen LogP contribution in [0.4, 0.5) is 11.4 Å². The van der Waals surface area contributed by atoms with Crippen LogP contribution in [0.25, 0.3) is 0 Å². The minimum absolute atomic E-state index is 0.0804. The van der Waals surface area contributed by atoms with E-state index in [1.54, 1.807) is 0 Å². The van der Waals surface area contributed by atoms with Gasteiger partial charge in [0.25, 0.3) is 0 Å². The van der Waals surface area contributed by atoms with E-state index in [-0.39, 0.29) is 12.6 Å². The molecule has 1 unspecified atom stereocenters. The molecule has 3 heteroatoms. The normalized spacial score (nSPS) is 12.9. The molecule has 0 saturated heterocycles. The summed E-state index contributed by atoms with van der Waals surface area (Å²) >= 11 is 0. The molecule has 1 rings (SSSR count). The van der Waals surface area contributed by atoms with Gasteiger partial charge < -0.3 is 16.2 Å². The van der Waals surface area contributed by atoms with Gasteiger partial charge in [-0.1, -0.05) is 19.9 Å². The maximum absolute atomic E-state index is 9.13. The van der Waals surface area contributed by atoms with Gasteiger partial charge in [0, 0.05) is 11.4 Å². The highest BCUT2D eigenvalue weighted by Gasteiger charge is 2.11. The van der Waals surface area contributed by atoms with E-state index in [9.17, 15) is 0 Å². The van der Waals surface area contributed by atoms with Gasteiger partial charge in [0.1, 0.15) is 0 Å². The third kappa shape index (κ3) is 2.92. The Labute approximate surface area is 84.9 Å². The molecular weight excluding hydrogens is 176 g/mol. The largest absolute Gasteiger partial charge is 0.399 e. The van der Waals surface area contributed by atoms with E-state index in [0.29, 0.717) is 5.92 Å². The number of anilines is 2. The Kier molecular flexibility index (Phi) is 3.77. The van der Waals surface area contributed by atoms with Crippen LogP contribution in [-0.4, -0.2) is 17.8 Å². The number of hydrogen-bond donors (Lipinski definition) is 3. The molecule has 14 heavy (non-hydrogen) atoms. The van der Waals surface area contributed by atoms with Gasteiger partial charge >= 0.3 is 0 Å². The highest BCUT2D eigenvalue weighted by molar-refractivity contribution is 5.54. The average molecular weight is 194 g/mol. The molecule has 78 valence electrons. The standard InChI is InChI=1S/C11H18N2O/c1-8(2)11(7-14)13-10-5-3-4-9(12)6-10/h3-6,8,11,13-14H,7,12H2,1-2H3. The van der Waals surface area contributed by atoms with Crippen molar-refractivity contribution in [2.24, 2.45) is 5.92 Å². The lowest BCUT2D eigenvalue weighted by Gasteiger charge is -2.21. The van der Waals surface area contributed by atoms with Crippen LogP contribution >= 0.6 is 0 Å². The predicted octanol–water partition coefficient (Wildman–Crippen LogP) is 1.70. The Morgan fingerprint density at radius 2 is 2.14 bits per heavy atom. The van der Waals surface area contributed by atoms with Crippen molar-refractivity contribution in [2.45, 2.75) is 19.9 Å². The van der Waals surface area contributed by atoms with Gasteiger partial charge in [0.2, 0.25) is 0 Å². The monoisotopic (exact) mass is 194 g/mol. The molecule has 0 aliphatic rings. The van der Waals surface area contributed by atoms with Crippen molar-refractivity contribution < 1.29 is 5.11 Å². The number of nitrogens with two attached hydrogens (primary N) is 1. The number of rotatable bonds is 4. The van der Waals surface area contributed by atoms with E-state index in [1.807, 2.05) is 24.3 Å². The van der Waals surface area contributed by atoms with Crippen LogP contribution in [0, 0.1) is 5.92 Å². The van der Waals surface area contributed by atoms with E-state index in [0.717, 1.165) is 11.4 Å². The first kappa shape index (κ1) is 10.9. The summed E-state index contributed by atoms with van der Waals surface area (Å²) in [4.78, 5) is 0. The summed E-state index contributed by atoms with van der Waals surface area (Å²) in [5.74, 6) is 0.390. The number of hydrogen-bond acceptors (Lipinski definition) is 3. The highest BCUT2D eigenvalue weighted by atomic mass is 16.3. The minimum Gasteiger partial charge on any atom is -0.399 e. The Hall–Kier alpha value is -1.22. The Morgan fingerprint density at radius 1 is 1.43 bits per heavy atom. The number of aliphatic hydroxyl groups is 1. The maximum atomic E-state index is 9.13. The van der Waals surface area contributed by atoms with Crippen molar-refractivity contribution >= 4 is 11.4 Å². The summed E-state index contributed by atoms with van der Waals surface area (Å²) in [6.45, 7) is 4.27. The van der Waals surface area contributed by atoms with Crippen molar-refractivity contribution in [2.75, 3.05) is 17.7 Å². The Morgan fingerprint density at radius 3 is 2.64 bits per heavy atom. The zero-order valence-electron chi connectivity index (χ0n) is 8.70. The third-order valence-electron chi connectivity index (χ3n) is 2.24. The molecule has 1 aromatic carbocycles. The fourth-order valence-electron chi connectivity index (χ4n) is 1.27. The van der Waals surface area contributed by atoms with Crippen molar-refractivity contribution in [3.63, 3.8) is 0 Å². The number of nitrogens with one attached hydrogen (secondary N) is 1.